The smallest absolute Gasteiger partial charge is 0.238 e. The van der Waals surface area contributed by atoms with Crippen molar-refractivity contribution in [3.63, 3.8) is 0 Å². The molecule has 1 atom stereocenters. The number of imide groups is 1. The second-order valence-electron chi connectivity index (χ2n) is 4.71. The molecule has 0 bridgehead atoms. The highest BCUT2D eigenvalue weighted by molar-refractivity contribution is 6.18. The predicted octanol–water partition coefficient (Wildman–Crippen LogP) is 1.57. The van der Waals surface area contributed by atoms with E-state index >= 15 is 0 Å². The van der Waals surface area contributed by atoms with Gasteiger partial charge in [0, 0.05) is 20.4 Å². The third kappa shape index (κ3) is 2.23. The van der Waals surface area contributed by atoms with Crippen molar-refractivity contribution < 1.29 is 14.4 Å². The van der Waals surface area contributed by atoms with Gasteiger partial charge in [0.15, 0.2) is 0 Å². The summed E-state index contributed by atoms with van der Waals surface area (Å²) in [4.78, 5) is 38.5. The minimum atomic E-state index is -0.416. The maximum absolute atomic E-state index is 12.3. The first-order valence-corrected chi connectivity index (χ1v) is 6.15. The predicted molar refractivity (Wildman–Crippen MR) is 71.8 cm³/mol. The standard InChI is InChI=1S/C14H16N2O3/c1-9-8-15(10(2)17)12-6-4-5-7-13(12)16(11(3)18)14(9)19/h4-7,9H,8H2,1-3H3. The van der Waals surface area contributed by atoms with Gasteiger partial charge in [0.25, 0.3) is 0 Å². The lowest BCUT2D eigenvalue weighted by atomic mass is 10.1. The maximum atomic E-state index is 12.3. The van der Waals surface area contributed by atoms with Crippen molar-refractivity contribution in [1.29, 1.82) is 0 Å². The number of fused-ring (bicyclic) bond motifs is 1. The Kier molecular flexibility index (Phi) is 3.38. The third-order valence-corrected chi connectivity index (χ3v) is 3.21. The van der Waals surface area contributed by atoms with Crippen LogP contribution in [0.25, 0.3) is 0 Å². The largest absolute Gasteiger partial charge is 0.310 e. The molecule has 100 valence electrons. The van der Waals surface area contributed by atoms with Crippen molar-refractivity contribution in [1.82, 2.24) is 0 Å². The van der Waals surface area contributed by atoms with Crippen LogP contribution in [0.1, 0.15) is 20.8 Å². The van der Waals surface area contributed by atoms with E-state index in [1.807, 2.05) is 0 Å². The van der Waals surface area contributed by atoms with Crippen LogP contribution in [0.15, 0.2) is 24.3 Å². The number of hydrogen-bond acceptors (Lipinski definition) is 3. The second-order valence-corrected chi connectivity index (χ2v) is 4.71. The first-order chi connectivity index (χ1) is 8.93. The molecular formula is C14H16N2O3. The van der Waals surface area contributed by atoms with Crippen LogP contribution in [-0.2, 0) is 14.4 Å². The van der Waals surface area contributed by atoms with Crippen molar-refractivity contribution in [2.45, 2.75) is 20.8 Å². The van der Waals surface area contributed by atoms with Crippen molar-refractivity contribution in [2.75, 3.05) is 16.3 Å². The molecule has 0 aliphatic carbocycles. The van der Waals surface area contributed by atoms with Crippen molar-refractivity contribution in [3.05, 3.63) is 24.3 Å². The van der Waals surface area contributed by atoms with E-state index in [1.54, 1.807) is 36.1 Å². The molecule has 0 aromatic heterocycles. The van der Waals surface area contributed by atoms with Gasteiger partial charge >= 0.3 is 0 Å². The summed E-state index contributed by atoms with van der Waals surface area (Å²) in [6.45, 7) is 4.82. The summed E-state index contributed by atoms with van der Waals surface area (Å²) in [6.07, 6.45) is 0. The van der Waals surface area contributed by atoms with E-state index < -0.39 is 5.92 Å². The first kappa shape index (κ1) is 13.3. The van der Waals surface area contributed by atoms with Crippen LogP contribution in [0.3, 0.4) is 0 Å². The SMILES string of the molecule is CC(=O)N1CC(C)C(=O)N(C(C)=O)c2ccccc21. The zero-order valence-electron chi connectivity index (χ0n) is 11.2. The average Bonchev–Trinajstić information content (AvgIpc) is 2.46. The second kappa shape index (κ2) is 4.84. The van der Waals surface area contributed by atoms with Crippen LogP contribution in [0.4, 0.5) is 11.4 Å². The Morgan fingerprint density at radius 1 is 1.11 bits per heavy atom. The van der Waals surface area contributed by atoms with Crippen LogP contribution in [0, 0.1) is 5.92 Å². The number of carbonyl (C=O) groups excluding carboxylic acids is 3. The lowest BCUT2D eigenvalue weighted by molar-refractivity contribution is -0.127. The Bertz CT molecular complexity index is 553. The Hall–Kier alpha value is -2.17. The topological polar surface area (TPSA) is 57.7 Å². The highest BCUT2D eigenvalue weighted by atomic mass is 16.2. The monoisotopic (exact) mass is 260 g/mol. The quantitative estimate of drug-likeness (QED) is 0.711. The van der Waals surface area contributed by atoms with E-state index in [2.05, 4.69) is 0 Å². The van der Waals surface area contributed by atoms with Crippen molar-refractivity contribution >= 4 is 29.1 Å². The summed E-state index contributed by atoms with van der Waals surface area (Å²) in [5, 5.41) is 0. The van der Waals surface area contributed by atoms with E-state index in [4.69, 9.17) is 0 Å². The molecule has 0 saturated carbocycles. The van der Waals surface area contributed by atoms with Crippen molar-refractivity contribution in [2.24, 2.45) is 5.92 Å². The van der Waals surface area contributed by atoms with E-state index in [1.165, 1.54) is 13.8 Å². The molecule has 19 heavy (non-hydrogen) atoms. The van der Waals surface area contributed by atoms with Crippen LogP contribution < -0.4 is 9.80 Å². The molecule has 3 amide bonds. The Morgan fingerprint density at radius 3 is 2.21 bits per heavy atom. The summed E-state index contributed by atoms with van der Waals surface area (Å²) in [5.74, 6) is -1.17. The fourth-order valence-corrected chi connectivity index (χ4v) is 2.29. The number of anilines is 2. The van der Waals surface area contributed by atoms with Crippen LogP contribution in [0.2, 0.25) is 0 Å². The van der Waals surface area contributed by atoms with Crippen LogP contribution >= 0.6 is 0 Å². The Balaban J connectivity index is 2.65. The number of hydrogen-bond donors (Lipinski definition) is 0. The number of amides is 3. The van der Waals surface area contributed by atoms with E-state index in [0.29, 0.717) is 11.4 Å². The average molecular weight is 260 g/mol. The minimum Gasteiger partial charge on any atom is -0.310 e. The molecule has 0 fully saturated rings. The normalized spacial score (nSPS) is 18.9. The zero-order valence-corrected chi connectivity index (χ0v) is 11.2. The van der Waals surface area contributed by atoms with Gasteiger partial charge in [-0.3, -0.25) is 14.4 Å². The summed E-state index contributed by atoms with van der Waals surface area (Å²) in [7, 11) is 0. The molecule has 0 saturated heterocycles. The van der Waals surface area contributed by atoms with Crippen molar-refractivity contribution in [3.8, 4) is 0 Å². The van der Waals surface area contributed by atoms with Gasteiger partial charge in [0.05, 0.1) is 17.3 Å². The molecule has 1 aromatic rings. The molecule has 1 unspecified atom stereocenters. The van der Waals surface area contributed by atoms with Gasteiger partial charge in [0.1, 0.15) is 0 Å². The lowest BCUT2D eigenvalue weighted by Crippen LogP contribution is -2.40. The highest BCUT2D eigenvalue weighted by Gasteiger charge is 2.34. The van der Waals surface area contributed by atoms with Gasteiger partial charge in [0.2, 0.25) is 17.7 Å². The summed E-state index contributed by atoms with van der Waals surface area (Å²) in [6, 6.07) is 6.96. The molecule has 0 N–H and O–H groups in total. The van der Waals surface area contributed by atoms with E-state index in [0.717, 1.165) is 4.90 Å². The highest BCUT2D eigenvalue weighted by Crippen LogP contribution is 2.34. The van der Waals surface area contributed by atoms with Gasteiger partial charge in [-0.1, -0.05) is 19.1 Å². The molecule has 1 aromatic carbocycles. The number of para-hydroxylation sites is 2. The number of benzene rings is 1. The fourth-order valence-electron chi connectivity index (χ4n) is 2.29. The Morgan fingerprint density at radius 2 is 1.68 bits per heavy atom. The molecule has 5 heteroatoms. The first-order valence-electron chi connectivity index (χ1n) is 6.15. The molecule has 1 aliphatic heterocycles. The van der Waals surface area contributed by atoms with Gasteiger partial charge in [-0.2, -0.15) is 0 Å². The number of rotatable bonds is 0. The van der Waals surface area contributed by atoms with E-state index in [-0.39, 0.29) is 24.3 Å². The molecule has 1 heterocycles. The molecule has 5 nitrogen and oxygen atoms in total. The van der Waals surface area contributed by atoms with Crippen LogP contribution in [0.5, 0.6) is 0 Å². The number of carbonyl (C=O) groups is 3. The third-order valence-electron chi connectivity index (χ3n) is 3.21. The summed E-state index contributed by atoms with van der Waals surface area (Å²) >= 11 is 0. The van der Waals surface area contributed by atoms with Gasteiger partial charge < -0.3 is 4.90 Å². The molecule has 1 aliphatic rings. The Labute approximate surface area is 111 Å². The van der Waals surface area contributed by atoms with Gasteiger partial charge in [-0.25, -0.2) is 4.90 Å². The number of nitrogens with zero attached hydrogens (tertiary/aromatic N) is 2. The molecule has 0 radical (unpaired) electrons. The lowest BCUT2D eigenvalue weighted by Gasteiger charge is -2.22. The summed E-state index contributed by atoms with van der Waals surface area (Å²) < 4.78 is 0. The van der Waals surface area contributed by atoms with Crippen LogP contribution in [-0.4, -0.2) is 24.3 Å². The summed E-state index contributed by atoms with van der Waals surface area (Å²) in [5.41, 5.74) is 1.07. The minimum absolute atomic E-state index is 0.141. The molecule has 2 rings (SSSR count). The fraction of sp³-hybridized carbons (Fsp3) is 0.357. The molecular weight excluding hydrogens is 244 g/mol. The zero-order chi connectivity index (χ0) is 14.2. The maximum Gasteiger partial charge on any atom is 0.238 e. The van der Waals surface area contributed by atoms with Gasteiger partial charge in [-0.05, 0) is 12.1 Å². The molecule has 0 spiro atoms. The van der Waals surface area contributed by atoms with Gasteiger partial charge in [-0.15, -0.1) is 0 Å². The van der Waals surface area contributed by atoms with E-state index in [9.17, 15) is 14.4 Å².